The van der Waals surface area contributed by atoms with Crippen LogP contribution in [0, 0.1) is 0 Å². The fraction of sp³-hybridized carbons (Fsp3) is 0.571. The maximum absolute atomic E-state index is 12.4. The van der Waals surface area contributed by atoms with Gasteiger partial charge < -0.3 is 9.67 Å². The molecule has 1 aliphatic heterocycles. The van der Waals surface area contributed by atoms with Gasteiger partial charge in [-0.15, -0.1) is 10.2 Å². The van der Waals surface area contributed by atoms with Crippen LogP contribution in [0.1, 0.15) is 11.6 Å². The lowest BCUT2D eigenvalue weighted by Crippen LogP contribution is -2.38. The Morgan fingerprint density at radius 3 is 2.56 bits per heavy atom. The van der Waals surface area contributed by atoms with E-state index in [2.05, 4.69) is 10.2 Å². The zero-order valence-corrected chi connectivity index (χ0v) is 7.90. The molecule has 1 aromatic heterocycles. The number of aromatic nitrogens is 3. The number of amides is 1. The molecule has 1 aliphatic rings. The van der Waals surface area contributed by atoms with Crippen molar-refractivity contribution in [1.82, 2.24) is 19.7 Å². The molecule has 2 rings (SSSR count). The molecule has 2 heterocycles. The Morgan fingerprint density at radius 1 is 1.31 bits per heavy atom. The largest absolute Gasteiger partial charge is 0.465 e. The van der Waals surface area contributed by atoms with Gasteiger partial charge in [0.25, 0.3) is 0 Å². The van der Waals surface area contributed by atoms with Gasteiger partial charge in [-0.1, -0.05) is 0 Å². The molecule has 0 spiro atoms. The molecule has 88 valence electrons. The second kappa shape index (κ2) is 3.35. The van der Waals surface area contributed by atoms with E-state index in [1.165, 1.54) is 0 Å². The van der Waals surface area contributed by atoms with Crippen LogP contribution in [0.4, 0.5) is 18.0 Å². The highest BCUT2D eigenvalue weighted by Gasteiger charge is 2.39. The van der Waals surface area contributed by atoms with E-state index in [1.54, 1.807) is 0 Å². The number of hydrogen-bond donors (Lipinski definition) is 1. The predicted octanol–water partition coefficient (Wildman–Crippen LogP) is 0.790. The van der Waals surface area contributed by atoms with Gasteiger partial charge in [-0.25, -0.2) is 4.79 Å². The summed E-state index contributed by atoms with van der Waals surface area (Å²) in [5.74, 6) is -1.06. The Kier molecular flexibility index (Phi) is 2.25. The van der Waals surface area contributed by atoms with Crippen molar-refractivity contribution in [1.29, 1.82) is 0 Å². The molecular weight excluding hydrogens is 229 g/mol. The number of carboxylic acid groups (broad SMARTS) is 1. The van der Waals surface area contributed by atoms with Crippen LogP contribution >= 0.6 is 0 Å². The summed E-state index contributed by atoms with van der Waals surface area (Å²) in [6.45, 7) is -0.245. The Hall–Kier alpha value is -1.80. The summed E-state index contributed by atoms with van der Waals surface area (Å²) in [5.41, 5.74) is 0. The molecule has 0 radical (unpaired) electrons. The van der Waals surface area contributed by atoms with Crippen LogP contribution in [-0.4, -0.2) is 37.4 Å². The lowest BCUT2D eigenvalue weighted by atomic mass is 10.3. The molecule has 1 amide bonds. The van der Waals surface area contributed by atoms with E-state index < -0.39 is 18.1 Å². The van der Waals surface area contributed by atoms with Crippen molar-refractivity contribution in [3.05, 3.63) is 11.6 Å². The highest BCUT2D eigenvalue weighted by Crippen LogP contribution is 2.29. The SMILES string of the molecule is O=C(O)N1CCn2c(nnc2C(F)(F)F)C1. The smallest absolute Gasteiger partial charge is 0.451 e. The molecule has 0 fully saturated rings. The summed E-state index contributed by atoms with van der Waals surface area (Å²) < 4.78 is 38.1. The highest BCUT2D eigenvalue weighted by molar-refractivity contribution is 5.64. The topological polar surface area (TPSA) is 71.2 Å². The van der Waals surface area contributed by atoms with E-state index in [1.807, 2.05) is 0 Å². The van der Waals surface area contributed by atoms with E-state index in [0.717, 1.165) is 9.47 Å². The number of fused-ring (bicyclic) bond motifs is 1. The van der Waals surface area contributed by atoms with E-state index in [-0.39, 0.29) is 25.5 Å². The number of alkyl halides is 3. The third-order valence-electron chi connectivity index (χ3n) is 2.28. The van der Waals surface area contributed by atoms with E-state index in [9.17, 15) is 18.0 Å². The van der Waals surface area contributed by atoms with Crippen molar-refractivity contribution in [2.75, 3.05) is 6.54 Å². The summed E-state index contributed by atoms with van der Waals surface area (Å²) in [5, 5.41) is 15.1. The lowest BCUT2D eigenvalue weighted by molar-refractivity contribution is -0.147. The Morgan fingerprint density at radius 2 is 2.00 bits per heavy atom. The zero-order chi connectivity index (χ0) is 11.9. The van der Waals surface area contributed by atoms with Gasteiger partial charge in [-0.05, 0) is 0 Å². The van der Waals surface area contributed by atoms with Crippen molar-refractivity contribution in [3.63, 3.8) is 0 Å². The quantitative estimate of drug-likeness (QED) is 0.722. The predicted molar refractivity (Wildman–Crippen MR) is 43.5 cm³/mol. The Labute approximate surface area is 87.3 Å². The second-order valence-electron chi connectivity index (χ2n) is 3.29. The van der Waals surface area contributed by atoms with E-state index in [0.29, 0.717) is 0 Å². The zero-order valence-electron chi connectivity index (χ0n) is 7.90. The van der Waals surface area contributed by atoms with Gasteiger partial charge in [-0.3, -0.25) is 4.90 Å². The molecular formula is C7H7F3N4O2. The standard InChI is InChI=1S/C7H7F3N4O2/c8-7(9,10)5-12-11-4-3-13(6(15)16)1-2-14(4)5/h1-3H2,(H,15,16). The third-order valence-corrected chi connectivity index (χ3v) is 2.28. The molecule has 0 bridgehead atoms. The fourth-order valence-corrected chi connectivity index (χ4v) is 1.53. The maximum Gasteiger partial charge on any atom is 0.451 e. The minimum Gasteiger partial charge on any atom is -0.465 e. The summed E-state index contributed by atoms with van der Waals surface area (Å²) in [7, 11) is 0. The van der Waals surface area contributed by atoms with Gasteiger partial charge in [0.1, 0.15) is 0 Å². The molecule has 0 aliphatic carbocycles. The van der Waals surface area contributed by atoms with Gasteiger partial charge in [0.05, 0.1) is 6.54 Å². The van der Waals surface area contributed by atoms with Crippen molar-refractivity contribution >= 4 is 6.09 Å². The maximum atomic E-state index is 12.4. The molecule has 9 heteroatoms. The minimum atomic E-state index is -4.56. The monoisotopic (exact) mass is 236 g/mol. The normalized spacial score (nSPS) is 16.1. The molecule has 0 saturated heterocycles. The van der Waals surface area contributed by atoms with E-state index >= 15 is 0 Å². The Bertz CT molecular complexity index is 428. The van der Waals surface area contributed by atoms with Crippen LogP contribution in [0.15, 0.2) is 0 Å². The first-order valence-electron chi connectivity index (χ1n) is 4.36. The van der Waals surface area contributed by atoms with Crippen LogP contribution in [-0.2, 0) is 19.3 Å². The molecule has 0 saturated carbocycles. The molecule has 0 atom stereocenters. The number of carbonyl (C=O) groups is 1. The minimum absolute atomic E-state index is 0.00343. The van der Waals surface area contributed by atoms with Crippen LogP contribution in [0.3, 0.4) is 0 Å². The van der Waals surface area contributed by atoms with Gasteiger partial charge in [0.15, 0.2) is 5.82 Å². The van der Waals surface area contributed by atoms with Crippen molar-refractivity contribution in [2.45, 2.75) is 19.3 Å². The fourth-order valence-electron chi connectivity index (χ4n) is 1.53. The Balaban J connectivity index is 2.31. The first kappa shape index (κ1) is 10.7. The van der Waals surface area contributed by atoms with Crippen molar-refractivity contribution < 1.29 is 23.1 Å². The highest BCUT2D eigenvalue weighted by atomic mass is 19.4. The number of halogens is 3. The second-order valence-corrected chi connectivity index (χ2v) is 3.29. The van der Waals surface area contributed by atoms with Crippen molar-refractivity contribution in [3.8, 4) is 0 Å². The van der Waals surface area contributed by atoms with Gasteiger partial charge in [0.2, 0.25) is 5.82 Å². The molecule has 16 heavy (non-hydrogen) atoms. The van der Waals surface area contributed by atoms with Gasteiger partial charge in [-0.2, -0.15) is 13.2 Å². The molecule has 0 unspecified atom stereocenters. The summed E-state index contributed by atoms with van der Waals surface area (Å²) in [6, 6.07) is 0. The molecule has 6 nitrogen and oxygen atoms in total. The molecule has 0 aromatic carbocycles. The molecule has 1 N–H and O–H groups in total. The summed E-state index contributed by atoms with van der Waals surface area (Å²) >= 11 is 0. The van der Waals surface area contributed by atoms with Gasteiger partial charge in [0, 0.05) is 13.1 Å². The van der Waals surface area contributed by atoms with E-state index in [4.69, 9.17) is 5.11 Å². The third kappa shape index (κ3) is 1.68. The van der Waals surface area contributed by atoms with Gasteiger partial charge >= 0.3 is 12.3 Å². The van der Waals surface area contributed by atoms with Crippen LogP contribution in [0.25, 0.3) is 0 Å². The number of rotatable bonds is 0. The average Bonchev–Trinajstić information content (AvgIpc) is 2.58. The number of nitrogens with zero attached hydrogens (tertiary/aromatic N) is 4. The average molecular weight is 236 g/mol. The van der Waals surface area contributed by atoms with Crippen LogP contribution in [0.5, 0.6) is 0 Å². The first-order valence-corrected chi connectivity index (χ1v) is 4.36. The molecule has 1 aromatic rings. The number of hydrogen-bond acceptors (Lipinski definition) is 3. The van der Waals surface area contributed by atoms with Crippen LogP contribution < -0.4 is 0 Å². The summed E-state index contributed by atoms with van der Waals surface area (Å²) in [6.07, 6.45) is -5.74. The van der Waals surface area contributed by atoms with Crippen LogP contribution in [0.2, 0.25) is 0 Å². The summed E-state index contributed by atoms with van der Waals surface area (Å²) in [4.78, 5) is 11.6. The van der Waals surface area contributed by atoms with Crippen molar-refractivity contribution in [2.24, 2.45) is 0 Å². The first-order chi connectivity index (χ1) is 7.39. The lowest BCUT2D eigenvalue weighted by Gasteiger charge is -2.25.